The van der Waals surface area contributed by atoms with Crippen LogP contribution in [0.4, 0.5) is 5.69 Å². The Balaban J connectivity index is 1.26. The lowest BCUT2D eigenvalue weighted by Crippen LogP contribution is -2.39. The fourth-order valence-corrected chi connectivity index (χ4v) is 4.93. The lowest BCUT2D eigenvalue weighted by molar-refractivity contribution is 0.673. The minimum atomic E-state index is 0.197. The smallest absolute Gasteiger partial charge is 0.191 e. The summed E-state index contributed by atoms with van der Waals surface area (Å²) in [6.45, 7) is 5.40. The maximum absolute atomic E-state index is 4.72. The topological polar surface area (TPSA) is 52.6 Å². The average molecular weight is 422 g/mol. The van der Waals surface area contributed by atoms with Crippen molar-refractivity contribution in [1.82, 2.24) is 15.6 Å². The van der Waals surface area contributed by atoms with Crippen LogP contribution in [-0.4, -0.2) is 37.6 Å². The van der Waals surface area contributed by atoms with Gasteiger partial charge >= 0.3 is 0 Å². The molecule has 2 aromatic carbocycles. The van der Waals surface area contributed by atoms with Crippen LogP contribution in [0.5, 0.6) is 0 Å². The second kappa shape index (κ2) is 9.94. The minimum absolute atomic E-state index is 0.197. The first kappa shape index (κ1) is 20.7. The Labute approximate surface area is 183 Å². The molecule has 1 aliphatic heterocycles. The van der Waals surface area contributed by atoms with Gasteiger partial charge in [0.15, 0.2) is 5.96 Å². The molecule has 0 saturated carbocycles. The van der Waals surface area contributed by atoms with E-state index in [9.17, 15) is 0 Å². The third-order valence-corrected chi connectivity index (χ3v) is 6.71. The Morgan fingerprint density at radius 3 is 2.80 bits per heavy atom. The van der Waals surface area contributed by atoms with E-state index < -0.39 is 0 Å². The predicted molar refractivity (Wildman–Crippen MR) is 129 cm³/mol. The highest BCUT2D eigenvalue weighted by molar-refractivity contribution is 7.18. The average Bonchev–Trinajstić information content (AvgIpc) is 3.45. The summed E-state index contributed by atoms with van der Waals surface area (Å²) in [5.74, 6) is 0.846. The minimum Gasteiger partial charge on any atom is -0.372 e. The van der Waals surface area contributed by atoms with Gasteiger partial charge < -0.3 is 15.5 Å². The molecular formula is C24H31N5S. The van der Waals surface area contributed by atoms with Crippen LogP contribution in [0, 0.1) is 0 Å². The van der Waals surface area contributed by atoms with Crippen molar-refractivity contribution >= 4 is 33.2 Å². The summed E-state index contributed by atoms with van der Waals surface area (Å²) in [6.07, 6.45) is 4.60. The summed E-state index contributed by atoms with van der Waals surface area (Å²) < 4.78 is 1.27. The molecule has 1 aromatic heterocycles. The van der Waals surface area contributed by atoms with Gasteiger partial charge in [-0.25, -0.2) is 4.98 Å². The number of nitrogens with one attached hydrogen (secondary N) is 2. The van der Waals surface area contributed by atoms with Gasteiger partial charge in [-0.15, -0.1) is 11.3 Å². The van der Waals surface area contributed by atoms with Crippen molar-refractivity contribution in [2.75, 3.05) is 31.6 Å². The number of thiazole rings is 1. The summed E-state index contributed by atoms with van der Waals surface area (Å²) in [5.41, 5.74) is 3.72. The predicted octanol–water partition coefficient (Wildman–Crippen LogP) is 4.76. The molecule has 1 atom stereocenters. The SMILES string of the molecule is CN=C(NCCCc1nc2ccccc2s1)NC(C)c1cccc(N2CCCC2)c1. The molecule has 30 heavy (non-hydrogen) atoms. The van der Waals surface area contributed by atoms with Crippen molar-refractivity contribution in [2.45, 2.75) is 38.6 Å². The molecule has 4 rings (SSSR count). The molecule has 5 nitrogen and oxygen atoms in total. The van der Waals surface area contributed by atoms with Gasteiger partial charge in [0.05, 0.1) is 21.3 Å². The van der Waals surface area contributed by atoms with Crippen molar-refractivity contribution in [3.63, 3.8) is 0 Å². The summed E-state index contributed by atoms with van der Waals surface area (Å²) in [4.78, 5) is 11.6. The fourth-order valence-electron chi connectivity index (χ4n) is 3.92. The third-order valence-electron chi connectivity index (χ3n) is 5.62. The van der Waals surface area contributed by atoms with E-state index in [0.29, 0.717) is 0 Å². The zero-order chi connectivity index (χ0) is 20.8. The Bertz CT molecular complexity index is 957. The Morgan fingerprint density at radius 1 is 1.17 bits per heavy atom. The van der Waals surface area contributed by atoms with E-state index in [2.05, 4.69) is 69.9 Å². The molecule has 2 heterocycles. The van der Waals surface area contributed by atoms with Gasteiger partial charge in [0.25, 0.3) is 0 Å². The number of aromatic nitrogens is 1. The molecule has 0 aliphatic carbocycles. The highest BCUT2D eigenvalue weighted by atomic mass is 32.1. The lowest BCUT2D eigenvalue weighted by Gasteiger charge is -2.22. The molecule has 2 N–H and O–H groups in total. The van der Waals surface area contributed by atoms with Crippen molar-refractivity contribution < 1.29 is 0 Å². The first-order valence-electron chi connectivity index (χ1n) is 10.9. The van der Waals surface area contributed by atoms with E-state index in [0.717, 1.165) is 30.9 Å². The van der Waals surface area contributed by atoms with Gasteiger partial charge in [0.2, 0.25) is 0 Å². The molecule has 1 unspecified atom stereocenters. The number of anilines is 1. The van der Waals surface area contributed by atoms with Crippen molar-refractivity contribution in [3.8, 4) is 0 Å². The number of para-hydroxylation sites is 1. The van der Waals surface area contributed by atoms with Crippen LogP contribution in [0.15, 0.2) is 53.5 Å². The highest BCUT2D eigenvalue weighted by Crippen LogP contribution is 2.24. The Hall–Kier alpha value is -2.60. The first-order valence-corrected chi connectivity index (χ1v) is 11.7. The van der Waals surface area contributed by atoms with Crippen LogP contribution in [-0.2, 0) is 6.42 Å². The number of guanidine groups is 1. The van der Waals surface area contributed by atoms with Crippen molar-refractivity contribution in [1.29, 1.82) is 0 Å². The maximum atomic E-state index is 4.72. The van der Waals surface area contributed by atoms with Crippen LogP contribution < -0.4 is 15.5 Å². The molecule has 3 aromatic rings. The summed E-state index contributed by atoms with van der Waals surface area (Å²) in [6, 6.07) is 17.4. The lowest BCUT2D eigenvalue weighted by atomic mass is 10.1. The zero-order valence-electron chi connectivity index (χ0n) is 17.9. The van der Waals surface area contributed by atoms with Crippen LogP contribution in [0.3, 0.4) is 0 Å². The number of rotatable bonds is 7. The van der Waals surface area contributed by atoms with Gasteiger partial charge in [-0.05, 0) is 56.0 Å². The van der Waals surface area contributed by atoms with E-state index in [1.165, 1.54) is 46.9 Å². The summed E-state index contributed by atoms with van der Waals surface area (Å²) in [5, 5.41) is 8.18. The van der Waals surface area contributed by atoms with Gasteiger partial charge in [0, 0.05) is 38.8 Å². The zero-order valence-corrected chi connectivity index (χ0v) is 18.7. The van der Waals surface area contributed by atoms with Crippen LogP contribution in [0.2, 0.25) is 0 Å². The molecule has 1 saturated heterocycles. The fraction of sp³-hybridized carbons (Fsp3) is 0.417. The monoisotopic (exact) mass is 421 g/mol. The molecule has 0 spiro atoms. The summed E-state index contributed by atoms with van der Waals surface area (Å²) >= 11 is 1.79. The van der Waals surface area contributed by atoms with Gasteiger partial charge in [0.1, 0.15) is 0 Å². The second-order valence-corrected chi connectivity index (χ2v) is 8.95. The molecule has 158 valence electrons. The number of aryl methyl sites for hydroxylation is 1. The van der Waals surface area contributed by atoms with Gasteiger partial charge in [-0.3, -0.25) is 4.99 Å². The van der Waals surface area contributed by atoms with Crippen LogP contribution in [0.1, 0.15) is 42.8 Å². The molecule has 0 amide bonds. The van der Waals surface area contributed by atoms with E-state index in [-0.39, 0.29) is 6.04 Å². The van der Waals surface area contributed by atoms with Crippen LogP contribution in [0.25, 0.3) is 10.2 Å². The molecule has 6 heteroatoms. The Kier molecular flexibility index (Phi) is 6.84. The maximum Gasteiger partial charge on any atom is 0.191 e. The van der Waals surface area contributed by atoms with E-state index in [4.69, 9.17) is 4.98 Å². The van der Waals surface area contributed by atoms with Gasteiger partial charge in [-0.2, -0.15) is 0 Å². The van der Waals surface area contributed by atoms with E-state index >= 15 is 0 Å². The highest BCUT2D eigenvalue weighted by Gasteiger charge is 2.14. The number of aliphatic imine (C=N–C) groups is 1. The van der Waals surface area contributed by atoms with Crippen molar-refractivity contribution in [3.05, 3.63) is 59.1 Å². The first-order chi connectivity index (χ1) is 14.7. The normalized spacial score (nSPS) is 15.5. The Morgan fingerprint density at radius 2 is 2.00 bits per heavy atom. The van der Waals surface area contributed by atoms with Crippen molar-refractivity contribution in [2.24, 2.45) is 4.99 Å². The molecular weight excluding hydrogens is 390 g/mol. The molecule has 0 radical (unpaired) electrons. The second-order valence-electron chi connectivity index (χ2n) is 7.83. The molecule has 1 aliphatic rings. The standard InChI is InChI=1S/C24H31N5S/c1-18(19-9-7-10-20(17-19)29-15-5-6-16-29)27-24(25-2)26-14-8-13-23-28-21-11-3-4-12-22(21)30-23/h3-4,7,9-12,17-18H,5-6,8,13-16H2,1-2H3,(H2,25,26,27). The van der Waals surface area contributed by atoms with E-state index in [1.807, 2.05) is 13.1 Å². The van der Waals surface area contributed by atoms with E-state index in [1.54, 1.807) is 11.3 Å². The number of hydrogen-bond donors (Lipinski definition) is 2. The third kappa shape index (κ3) is 5.11. The largest absolute Gasteiger partial charge is 0.372 e. The number of nitrogens with zero attached hydrogens (tertiary/aromatic N) is 3. The number of benzene rings is 2. The van der Waals surface area contributed by atoms with Crippen LogP contribution >= 0.6 is 11.3 Å². The molecule has 0 bridgehead atoms. The number of hydrogen-bond acceptors (Lipinski definition) is 4. The van der Waals surface area contributed by atoms with Gasteiger partial charge in [-0.1, -0.05) is 24.3 Å². The number of fused-ring (bicyclic) bond motifs is 1. The quantitative estimate of drug-likeness (QED) is 0.328. The summed E-state index contributed by atoms with van der Waals surface area (Å²) in [7, 11) is 1.83. The molecule has 1 fully saturated rings.